The number of hydrogen-bond donors (Lipinski definition) is 0. The van der Waals surface area contributed by atoms with Crippen molar-refractivity contribution >= 4 is 21.5 Å². The lowest BCUT2D eigenvalue weighted by molar-refractivity contribution is 0.0600. The van der Waals surface area contributed by atoms with E-state index in [1.165, 1.54) is 18.4 Å². The molecule has 1 aromatic carbocycles. The number of benzene rings is 1. The number of anilines is 1. The molecule has 0 saturated carbocycles. The molecule has 1 aromatic rings. The maximum absolute atomic E-state index is 11.8. The zero-order chi connectivity index (χ0) is 17.2. The normalized spacial score (nSPS) is 21.0. The Kier molecular flexibility index (Phi) is 5.13. The van der Waals surface area contributed by atoms with Crippen molar-refractivity contribution in [2.24, 2.45) is 5.92 Å². The quantitative estimate of drug-likeness (QED) is 0.783. The minimum Gasteiger partial charge on any atom is -0.465 e. The summed E-state index contributed by atoms with van der Waals surface area (Å²) in [6.45, 7) is 1.90. The van der Waals surface area contributed by atoms with Gasteiger partial charge in [0.25, 0.3) is 0 Å². The van der Waals surface area contributed by atoms with Crippen LogP contribution in [0.25, 0.3) is 0 Å². The third-order valence-corrected chi connectivity index (χ3v) is 6.83. The number of nitrogens with zero attached hydrogens (tertiary/aromatic N) is 1. The molecule has 1 fully saturated rings. The van der Waals surface area contributed by atoms with E-state index in [1.54, 1.807) is 0 Å². The van der Waals surface area contributed by atoms with Crippen LogP contribution in [-0.4, -0.2) is 46.1 Å². The Bertz CT molecular complexity index is 700. The maximum atomic E-state index is 11.8. The van der Waals surface area contributed by atoms with E-state index in [0.29, 0.717) is 23.0 Å². The minimum absolute atomic E-state index is 0.300. The van der Waals surface area contributed by atoms with Gasteiger partial charge in [0, 0.05) is 18.8 Å². The van der Waals surface area contributed by atoms with Crippen molar-refractivity contribution in [3.05, 3.63) is 29.3 Å². The number of rotatable bonds is 3. The van der Waals surface area contributed by atoms with Gasteiger partial charge in [-0.1, -0.05) is 0 Å². The molecule has 0 bridgehead atoms. The lowest BCUT2D eigenvalue weighted by Crippen LogP contribution is -2.35. The van der Waals surface area contributed by atoms with Crippen molar-refractivity contribution in [3.63, 3.8) is 0 Å². The van der Waals surface area contributed by atoms with Crippen LogP contribution >= 0.6 is 0 Å². The zero-order valence-electron chi connectivity index (χ0n) is 14.2. The molecule has 0 spiro atoms. The molecule has 3 rings (SSSR count). The van der Waals surface area contributed by atoms with Crippen molar-refractivity contribution in [1.29, 1.82) is 0 Å². The smallest absolute Gasteiger partial charge is 0.337 e. The molecule has 0 atom stereocenters. The Morgan fingerprint density at radius 2 is 2.00 bits per heavy atom. The summed E-state index contributed by atoms with van der Waals surface area (Å²) in [6.07, 6.45) is 4.71. The van der Waals surface area contributed by atoms with E-state index in [4.69, 9.17) is 4.74 Å². The number of fused-ring (bicyclic) bond motifs is 1. The van der Waals surface area contributed by atoms with Crippen LogP contribution in [0.1, 0.15) is 41.6 Å². The molecule has 0 unspecified atom stereocenters. The fourth-order valence-corrected chi connectivity index (χ4v) is 5.29. The molecule has 5 nitrogen and oxygen atoms in total. The van der Waals surface area contributed by atoms with E-state index in [2.05, 4.69) is 4.90 Å². The molecule has 2 aliphatic heterocycles. The van der Waals surface area contributed by atoms with Crippen molar-refractivity contribution in [2.75, 3.05) is 36.6 Å². The van der Waals surface area contributed by atoms with Crippen LogP contribution in [0, 0.1) is 5.92 Å². The summed E-state index contributed by atoms with van der Waals surface area (Å²) in [5.41, 5.74) is 2.98. The predicted octanol–water partition coefficient (Wildman–Crippen LogP) is 2.44. The first-order chi connectivity index (χ1) is 11.5. The molecule has 24 heavy (non-hydrogen) atoms. The van der Waals surface area contributed by atoms with E-state index in [0.717, 1.165) is 45.2 Å². The number of aryl methyl sites for hydroxylation is 1. The largest absolute Gasteiger partial charge is 0.465 e. The van der Waals surface area contributed by atoms with E-state index in [1.807, 2.05) is 18.2 Å². The van der Waals surface area contributed by atoms with Crippen molar-refractivity contribution < 1.29 is 17.9 Å². The number of carbonyl (C=O) groups is 1. The van der Waals surface area contributed by atoms with Crippen LogP contribution in [0.4, 0.5) is 5.69 Å². The predicted molar refractivity (Wildman–Crippen MR) is 94.3 cm³/mol. The molecule has 0 N–H and O–H groups in total. The highest BCUT2D eigenvalue weighted by atomic mass is 32.2. The average molecular weight is 351 g/mol. The first-order valence-electron chi connectivity index (χ1n) is 8.65. The third-order valence-electron chi connectivity index (χ3n) is 5.12. The Morgan fingerprint density at radius 3 is 2.71 bits per heavy atom. The summed E-state index contributed by atoms with van der Waals surface area (Å²) in [7, 11) is -1.41. The van der Waals surface area contributed by atoms with Crippen LogP contribution in [0.5, 0.6) is 0 Å². The number of hydrogen-bond acceptors (Lipinski definition) is 5. The Morgan fingerprint density at radius 1 is 1.25 bits per heavy atom. The van der Waals surface area contributed by atoms with Gasteiger partial charge in [-0.15, -0.1) is 0 Å². The Labute approximate surface area is 143 Å². The van der Waals surface area contributed by atoms with Gasteiger partial charge in [0.15, 0.2) is 0 Å². The number of ether oxygens (including phenoxy) is 1. The number of carbonyl (C=O) groups excluding carboxylic acids is 1. The highest BCUT2D eigenvalue weighted by molar-refractivity contribution is 7.91. The molecule has 0 amide bonds. The van der Waals surface area contributed by atoms with Gasteiger partial charge in [-0.05, 0) is 61.8 Å². The maximum Gasteiger partial charge on any atom is 0.337 e. The molecule has 0 radical (unpaired) electrons. The standard InChI is InChI=1S/C18H25NO4S/c1-23-18(20)16-5-6-17-15(12-16)4-2-3-9-19(17)13-14-7-10-24(21,22)11-8-14/h5-6,12,14H,2-4,7-11,13H2,1H3. The third kappa shape index (κ3) is 3.91. The van der Waals surface area contributed by atoms with Gasteiger partial charge in [-0.3, -0.25) is 0 Å². The van der Waals surface area contributed by atoms with Crippen LogP contribution in [-0.2, 0) is 21.0 Å². The van der Waals surface area contributed by atoms with Crippen LogP contribution < -0.4 is 4.90 Å². The van der Waals surface area contributed by atoms with Crippen LogP contribution in [0.15, 0.2) is 18.2 Å². The average Bonchev–Trinajstić information content (AvgIpc) is 2.78. The highest BCUT2D eigenvalue weighted by Crippen LogP contribution is 2.30. The lowest BCUT2D eigenvalue weighted by Gasteiger charge is -2.31. The number of methoxy groups -OCH3 is 1. The monoisotopic (exact) mass is 351 g/mol. The number of esters is 1. The fourth-order valence-electron chi connectivity index (χ4n) is 3.70. The van der Waals surface area contributed by atoms with Crippen LogP contribution in [0.2, 0.25) is 0 Å². The summed E-state index contributed by atoms with van der Waals surface area (Å²) in [5, 5.41) is 0. The van der Waals surface area contributed by atoms with Gasteiger partial charge < -0.3 is 9.64 Å². The summed E-state index contributed by atoms with van der Waals surface area (Å²) in [4.78, 5) is 14.1. The summed E-state index contributed by atoms with van der Waals surface area (Å²) < 4.78 is 28.0. The van der Waals surface area contributed by atoms with Gasteiger partial charge in [0.2, 0.25) is 0 Å². The van der Waals surface area contributed by atoms with Crippen LogP contribution in [0.3, 0.4) is 0 Å². The topological polar surface area (TPSA) is 63.7 Å². The van der Waals surface area contributed by atoms with Gasteiger partial charge in [-0.25, -0.2) is 13.2 Å². The fraction of sp³-hybridized carbons (Fsp3) is 0.611. The van der Waals surface area contributed by atoms with E-state index in [-0.39, 0.29) is 5.97 Å². The number of sulfone groups is 1. The molecule has 0 aromatic heterocycles. The van der Waals surface area contributed by atoms with Gasteiger partial charge in [-0.2, -0.15) is 0 Å². The highest BCUT2D eigenvalue weighted by Gasteiger charge is 2.26. The van der Waals surface area contributed by atoms with Gasteiger partial charge in [0.05, 0.1) is 24.2 Å². The molecule has 2 heterocycles. The van der Waals surface area contributed by atoms with Crippen molar-refractivity contribution in [3.8, 4) is 0 Å². The molecule has 0 aliphatic carbocycles. The zero-order valence-corrected chi connectivity index (χ0v) is 15.0. The molecular weight excluding hydrogens is 326 g/mol. The summed E-state index contributed by atoms with van der Waals surface area (Å²) in [5.74, 6) is 0.769. The van der Waals surface area contributed by atoms with Crippen molar-refractivity contribution in [1.82, 2.24) is 0 Å². The second kappa shape index (κ2) is 7.13. The Balaban J connectivity index is 1.77. The van der Waals surface area contributed by atoms with E-state index in [9.17, 15) is 13.2 Å². The van der Waals surface area contributed by atoms with Gasteiger partial charge >= 0.3 is 5.97 Å². The first-order valence-corrected chi connectivity index (χ1v) is 10.5. The van der Waals surface area contributed by atoms with Gasteiger partial charge in [0.1, 0.15) is 9.84 Å². The Hall–Kier alpha value is -1.56. The molecule has 6 heteroatoms. The summed E-state index contributed by atoms with van der Waals surface area (Å²) in [6, 6.07) is 5.80. The van der Waals surface area contributed by atoms with Crippen molar-refractivity contribution in [2.45, 2.75) is 32.1 Å². The second-order valence-electron chi connectivity index (χ2n) is 6.83. The lowest BCUT2D eigenvalue weighted by atomic mass is 10.0. The van der Waals surface area contributed by atoms with E-state index >= 15 is 0 Å². The molecule has 1 saturated heterocycles. The summed E-state index contributed by atoms with van der Waals surface area (Å²) >= 11 is 0. The SMILES string of the molecule is COC(=O)c1ccc2c(c1)CCCCN2CC1CCS(=O)(=O)CC1. The van der Waals surface area contributed by atoms with E-state index < -0.39 is 9.84 Å². The molecule has 2 aliphatic rings. The molecule has 132 valence electrons. The minimum atomic E-state index is -2.81. The first kappa shape index (κ1) is 17.3. The second-order valence-corrected chi connectivity index (χ2v) is 9.14. The molecular formula is C18H25NO4S.